The molecule has 0 saturated carbocycles. The minimum atomic E-state index is -0.0855. The molecule has 0 aliphatic heterocycles. The lowest BCUT2D eigenvalue weighted by atomic mass is 10.2. The molecule has 0 bridgehead atoms. The fourth-order valence-corrected chi connectivity index (χ4v) is 1.78. The topological polar surface area (TPSA) is 62.0 Å². The highest BCUT2D eigenvalue weighted by atomic mass is 32.1. The number of thiol groups is 1. The van der Waals surface area contributed by atoms with Crippen molar-refractivity contribution < 1.29 is 4.79 Å². The van der Waals surface area contributed by atoms with E-state index in [0.29, 0.717) is 28.8 Å². The predicted octanol–water partition coefficient (Wildman–Crippen LogP) is 1.79. The highest BCUT2D eigenvalue weighted by Crippen LogP contribution is 2.14. The van der Waals surface area contributed by atoms with E-state index in [4.69, 9.17) is 0 Å². The van der Waals surface area contributed by atoms with Gasteiger partial charge in [-0.05, 0) is 24.0 Å². The van der Waals surface area contributed by atoms with Crippen molar-refractivity contribution in [3.8, 4) is 0 Å². The second-order valence-electron chi connectivity index (χ2n) is 3.62. The second-order valence-corrected chi connectivity index (χ2v) is 4.07. The van der Waals surface area contributed by atoms with Crippen molar-refractivity contribution in [2.75, 3.05) is 11.1 Å². The number of aromatic amines is 1. The van der Waals surface area contributed by atoms with E-state index in [1.165, 1.54) is 6.07 Å². The third-order valence-corrected chi connectivity index (χ3v) is 2.60. The molecule has 1 amide bonds. The van der Waals surface area contributed by atoms with E-state index in [9.17, 15) is 9.59 Å². The van der Waals surface area contributed by atoms with E-state index < -0.39 is 0 Å². The minimum Gasteiger partial charge on any atom is -0.361 e. The van der Waals surface area contributed by atoms with Gasteiger partial charge in [0, 0.05) is 29.8 Å². The lowest BCUT2D eigenvalue weighted by Crippen LogP contribution is -2.12. The standard InChI is InChI=1S/C12H12N2O2S/c15-11-3-5-13-10-7-8(1-2-9(10)11)14-12(16)4-6-17/h1-3,5,7,17H,4,6H2,(H,13,15)(H,14,16). The summed E-state index contributed by atoms with van der Waals surface area (Å²) in [5, 5.41) is 3.36. The number of fused-ring (bicyclic) bond motifs is 1. The fourth-order valence-electron chi connectivity index (χ4n) is 1.58. The van der Waals surface area contributed by atoms with Gasteiger partial charge in [0.05, 0.1) is 5.52 Å². The number of carbonyl (C=O) groups is 1. The van der Waals surface area contributed by atoms with Crippen LogP contribution in [0, 0.1) is 0 Å². The van der Waals surface area contributed by atoms with Crippen molar-refractivity contribution in [1.82, 2.24) is 4.98 Å². The monoisotopic (exact) mass is 248 g/mol. The van der Waals surface area contributed by atoms with E-state index >= 15 is 0 Å². The SMILES string of the molecule is O=C(CCS)Nc1ccc2c(=O)cc[nH]c2c1. The molecule has 0 fully saturated rings. The van der Waals surface area contributed by atoms with Gasteiger partial charge in [0.2, 0.25) is 5.91 Å². The zero-order valence-corrected chi connectivity index (χ0v) is 9.96. The molecule has 17 heavy (non-hydrogen) atoms. The number of hydrogen-bond donors (Lipinski definition) is 3. The summed E-state index contributed by atoms with van der Waals surface area (Å²) in [6.07, 6.45) is 1.95. The van der Waals surface area contributed by atoms with Crippen LogP contribution in [0.25, 0.3) is 10.9 Å². The molecule has 0 spiro atoms. The molecule has 88 valence electrons. The van der Waals surface area contributed by atoms with Gasteiger partial charge in [-0.25, -0.2) is 0 Å². The zero-order chi connectivity index (χ0) is 12.3. The molecule has 0 radical (unpaired) electrons. The van der Waals surface area contributed by atoms with Crippen LogP contribution in [0.3, 0.4) is 0 Å². The van der Waals surface area contributed by atoms with Gasteiger partial charge in [0.1, 0.15) is 0 Å². The van der Waals surface area contributed by atoms with Crippen molar-refractivity contribution in [1.29, 1.82) is 0 Å². The lowest BCUT2D eigenvalue weighted by Gasteiger charge is -2.05. The van der Waals surface area contributed by atoms with Crippen LogP contribution < -0.4 is 10.7 Å². The van der Waals surface area contributed by atoms with Crippen molar-refractivity contribution in [3.63, 3.8) is 0 Å². The molecule has 0 saturated heterocycles. The third kappa shape index (κ3) is 2.68. The number of hydrogen-bond acceptors (Lipinski definition) is 3. The molecule has 2 aromatic rings. The Labute approximate surface area is 103 Å². The first kappa shape index (κ1) is 11.7. The highest BCUT2D eigenvalue weighted by molar-refractivity contribution is 7.80. The Hall–Kier alpha value is -1.75. The molecule has 0 atom stereocenters. The summed E-state index contributed by atoms with van der Waals surface area (Å²) in [5.74, 6) is 0.425. The summed E-state index contributed by atoms with van der Waals surface area (Å²) in [6.45, 7) is 0. The summed E-state index contributed by atoms with van der Waals surface area (Å²) in [4.78, 5) is 25.9. The van der Waals surface area contributed by atoms with Crippen molar-refractivity contribution >= 4 is 35.1 Å². The number of benzene rings is 1. The zero-order valence-electron chi connectivity index (χ0n) is 9.06. The normalized spacial score (nSPS) is 10.4. The Balaban J connectivity index is 2.32. The summed E-state index contributed by atoms with van der Waals surface area (Å²) >= 11 is 3.99. The number of H-pyrrole nitrogens is 1. The number of rotatable bonds is 3. The average molecular weight is 248 g/mol. The molecular weight excluding hydrogens is 236 g/mol. The molecule has 2 N–H and O–H groups in total. The first-order valence-corrected chi connectivity index (χ1v) is 5.86. The molecule has 5 heteroatoms. The van der Waals surface area contributed by atoms with Crippen LogP contribution in [0.2, 0.25) is 0 Å². The number of pyridine rings is 1. The van der Waals surface area contributed by atoms with Gasteiger partial charge < -0.3 is 10.3 Å². The van der Waals surface area contributed by atoms with Crippen LogP contribution in [0.4, 0.5) is 5.69 Å². The van der Waals surface area contributed by atoms with Crippen LogP contribution in [-0.2, 0) is 4.79 Å². The van der Waals surface area contributed by atoms with E-state index in [1.807, 2.05) is 0 Å². The van der Waals surface area contributed by atoms with Crippen LogP contribution in [0.5, 0.6) is 0 Å². The van der Waals surface area contributed by atoms with Crippen molar-refractivity contribution in [2.24, 2.45) is 0 Å². The maximum atomic E-state index is 11.5. The molecular formula is C12H12N2O2S. The number of aromatic nitrogens is 1. The first-order chi connectivity index (χ1) is 8.20. The van der Waals surface area contributed by atoms with Gasteiger partial charge in [-0.2, -0.15) is 12.6 Å². The smallest absolute Gasteiger partial charge is 0.225 e. The van der Waals surface area contributed by atoms with Gasteiger partial charge >= 0.3 is 0 Å². The molecule has 0 aliphatic rings. The fraction of sp³-hybridized carbons (Fsp3) is 0.167. The molecule has 4 nitrogen and oxygen atoms in total. The van der Waals surface area contributed by atoms with Gasteiger partial charge in [0.25, 0.3) is 0 Å². The molecule has 1 aromatic heterocycles. The lowest BCUT2D eigenvalue weighted by molar-refractivity contribution is -0.115. The Bertz CT molecular complexity index is 607. The number of nitrogens with one attached hydrogen (secondary N) is 2. The molecule has 2 rings (SSSR count). The van der Waals surface area contributed by atoms with Gasteiger partial charge in [-0.1, -0.05) is 0 Å². The molecule has 0 aliphatic carbocycles. The maximum absolute atomic E-state index is 11.5. The quantitative estimate of drug-likeness (QED) is 0.725. The Morgan fingerprint density at radius 2 is 2.18 bits per heavy atom. The summed E-state index contributed by atoms with van der Waals surface area (Å²) in [5.41, 5.74) is 1.35. The second kappa shape index (κ2) is 5.05. The molecule has 1 heterocycles. The van der Waals surface area contributed by atoms with Crippen molar-refractivity contribution in [3.05, 3.63) is 40.7 Å². The largest absolute Gasteiger partial charge is 0.361 e. The first-order valence-electron chi connectivity index (χ1n) is 5.23. The van der Waals surface area contributed by atoms with E-state index in [1.54, 1.807) is 24.4 Å². The van der Waals surface area contributed by atoms with E-state index in [0.717, 1.165) is 0 Å². The predicted molar refractivity (Wildman–Crippen MR) is 71.7 cm³/mol. The van der Waals surface area contributed by atoms with Crippen molar-refractivity contribution in [2.45, 2.75) is 6.42 Å². The Kier molecular flexibility index (Phi) is 3.49. The average Bonchev–Trinajstić information content (AvgIpc) is 2.29. The summed E-state index contributed by atoms with van der Waals surface area (Å²) in [6, 6.07) is 6.63. The molecule has 1 aromatic carbocycles. The van der Waals surface area contributed by atoms with Crippen LogP contribution in [0.1, 0.15) is 6.42 Å². The van der Waals surface area contributed by atoms with Crippen LogP contribution >= 0.6 is 12.6 Å². The van der Waals surface area contributed by atoms with Crippen LogP contribution in [-0.4, -0.2) is 16.6 Å². The van der Waals surface area contributed by atoms with Gasteiger partial charge in [0.15, 0.2) is 5.43 Å². The summed E-state index contributed by atoms with van der Waals surface area (Å²) in [7, 11) is 0. The number of carbonyl (C=O) groups excluding carboxylic acids is 1. The molecule has 0 unspecified atom stereocenters. The van der Waals surface area contributed by atoms with Crippen LogP contribution in [0.15, 0.2) is 35.3 Å². The van der Waals surface area contributed by atoms with E-state index in [2.05, 4.69) is 22.9 Å². The Morgan fingerprint density at radius 1 is 1.35 bits per heavy atom. The third-order valence-electron chi connectivity index (χ3n) is 2.38. The maximum Gasteiger partial charge on any atom is 0.225 e. The number of anilines is 1. The number of amides is 1. The van der Waals surface area contributed by atoms with Gasteiger partial charge in [-0.3, -0.25) is 9.59 Å². The summed E-state index contributed by atoms with van der Waals surface area (Å²) < 4.78 is 0. The van der Waals surface area contributed by atoms with Gasteiger partial charge in [-0.15, -0.1) is 0 Å². The van der Waals surface area contributed by atoms with E-state index in [-0.39, 0.29) is 11.3 Å². The minimum absolute atomic E-state index is 0.0352. The Morgan fingerprint density at radius 3 is 2.94 bits per heavy atom. The highest BCUT2D eigenvalue weighted by Gasteiger charge is 2.03.